The van der Waals surface area contributed by atoms with E-state index in [1.165, 1.54) is 6.26 Å². The van der Waals surface area contributed by atoms with Crippen molar-refractivity contribution in [2.75, 3.05) is 17.2 Å². The lowest BCUT2D eigenvalue weighted by Gasteiger charge is -2.10. The van der Waals surface area contributed by atoms with Gasteiger partial charge in [-0.25, -0.2) is 0 Å². The average Bonchev–Trinajstić information content (AvgIpc) is 3.18. The van der Waals surface area contributed by atoms with Crippen LogP contribution in [0.25, 0.3) is 0 Å². The van der Waals surface area contributed by atoms with Crippen LogP contribution in [0, 0.1) is 6.92 Å². The number of rotatable bonds is 6. The van der Waals surface area contributed by atoms with Gasteiger partial charge in [-0.15, -0.1) is 0 Å². The van der Waals surface area contributed by atoms with Crippen molar-refractivity contribution in [1.82, 2.24) is 0 Å². The first-order valence-electron chi connectivity index (χ1n) is 8.15. The van der Waals surface area contributed by atoms with Gasteiger partial charge in [0.2, 0.25) is 0 Å². The van der Waals surface area contributed by atoms with Crippen LogP contribution in [-0.4, -0.2) is 18.4 Å². The van der Waals surface area contributed by atoms with Crippen LogP contribution in [0.5, 0.6) is 5.75 Å². The molecule has 3 rings (SSSR count). The minimum Gasteiger partial charge on any atom is -0.484 e. The largest absolute Gasteiger partial charge is 0.484 e. The van der Waals surface area contributed by atoms with Crippen molar-refractivity contribution in [2.24, 2.45) is 0 Å². The smallest absolute Gasteiger partial charge is 0.291 e. The third-order valence-corrected chi connectivity index (χ3v) is 3.92. The number of hydrogen-bond donors (Lipinski definition) is 2. The molecule has 0 spiro atoms. The molecular weight excluding hydrogens is 368 g/mol. The minimum absolute atomic E-state index is 0.139. The Morgan fingerprint density at radius 1 is 1.07 bits per heavy atom. The van der Waals surface area contributed by atoms with Crippen LogP contribution in [0.15, 0.2) is 65.3 Å². The second kappa shape index (κ2) is 8.42. The molecule has 2 aromatic carbocycles. The van der Waals surface area contributed by atoms with E-state index in [4.69, 9.17) is 20.8 Å². The molecule has 0 aliphatic heterocycles. The minimum atomic E-state index is -0.341. The summed E-state index contributed by atoms with van der Waals surface area (Å²) in [5.74, 6) is 0.112. The first-order valence-corrected chi connectivity index (χ1v) is 8.53. The molecule has 2 N–H and O–H groups in total. The SMILES string of the molecule is Cc1cc(Cl)ccc1NC(=O)COc1ccc(NC(=O)c2ccco2)cc1. The number of aryl methyl sites for hydroxylation is 1. The number of carbonyl (C=O) groups excluding carboxylic acids is 2. The zero-order valence-corrected chi connectivity index (χ0v) is 15.2. The van der Waals surface area contributed by atoms with E-state index < -0.39 is 0 Å². The van der Waals surface area contributed by atoms with E-state index in [0.717, 1.165) is 5.56 Å². The number of amides is 2. The average molecular weight is 385 g/mol. The summed E-state index contributed by atoms with van der Waals surface area (Å²) in [6.07, 6.45) is 1.43. The Balaban J connectivity index is 1.51. The van der Waals surface area contributed by atoms with Gasteiger partial charge in [0.25, 0.3) is 11.8 Å². The van der Waals surface area contributed by atoms with Crippen LogP contribution in [0.2, 0.25) is 5.02 Å². The lowest BCUT2D eigenvalue weighted by Crippen LogP contribution is -2.20. The molecule has 2 amide bonds. The van der Waals surface area contributed by atoms with Crippen LogP contribution < -0.4 is 15.4 Å². The summed E-state index contributed by atoms with van der Waals surface area (Å²) in [7, 11) is 0. The zero-order valence-electron chi connectivity index (χ0n) is 14.5. The number of benzene rings is 2. The molecule has 27 heavy (non-hydrogen) atoms. The first-order chi connectivity index (χ1) is 13.0. The molecule has 0 saturated carbocycles. The number of anilines is 2. The van der Waals surface area contributed by atoms with Gasteiger partial charge >= 0.3 is 0 Å². The highest BCUT2D eigenvalue weighted by Crippen LogP contribution is 2.20. The van der Waals surface area contributed by atoms with Gasteiger partial charge in [0.05, 0.1) is 6.26 Å². The quantitative estimate of drug-likeness (QED) is 0.655. The Hall–Kier alpha value is -3.25. The Morgan fingerprint density at radius 3 is 2.52 bits per heavy atom. The number of hydrogen-bond acceptors (Lipinski definition) is 4. The fourth-order valence-electron chi connectivity index (χ4n) is 2.34. The highest BCUT2D eigenvalue weighted by Gasteiger charge is 2.09. The molecule has 0 fully saturated rings. The second-order valence-corrected chi connectivity index (χ2v) is 6.19. The van der Waals surface area contributed by atoms with Gasteiger partial charge in [0.15, 0.2) is 12.4 Å². The number of furan rings is 1. The Kier molecular flexibility index (Phi) is 5.78. The highest BCUT2D eigenvalue weighted by atomic mass is 35.5. The number of halogens is 1. The standard InChI is InChI=1S/C20H17ClN2O4/c1-13-11-14(21)4-9-17(13)23-19(24)12-27-16-7-5-15(6-8-16)22-20(25)18-3-2-10-26-18/h2-11H,12H2,1H3,(H,22,25)(H,23,24). The summed E-state index contributed by atoms with van der Waals surface area (Å²) in [4.78, 5) is 23.9. The number of ether oxygens (including phenoxy) is 1. The molecule has 0 bridgehead atoms. The van der Waals surface area contributed by atoms with E-state index in [-0.39, 0.29) is 24.2 Å². The van der Waals surface area contributed by atoms with Crippen LogP contribution in [0.3, 0.4) is 0 Å². The maximum absolute atomic E-state index is 12.0. The third kappa shape index (κ3) is 5.12. The maximum Gasteiger partial charge on any atom is 0.291 e. The van der Waals surface area contributed by atoms with Crippen molar-refractivity contribution in [2.45, 2.75) is 6.92 Å². The Labute approximate surface area is 161 Å². The van der Waals surface area contributed by atoms with Crippen LogP contribution in [-0.2, 0) is 4.79 Å². The molecule has 0 radical (unpaired) electrons. The Bertz CT molecular complexity index is 937. The van der Waals surface area contributed by atoms with E-state index in [1.807, 2.05) is 6.92 Å². The van der Waals surface area contributed by atoms with Gasteiger partial charge in [-0.05, 0) is 67.1 Å². The van der Waals surface area contributed by atoms with E-state index in [0.29, 0.717) is 22.1 Å². The van der Waals surface area contributed by atoms with Gasteiger partial charge in [-0.2, -0.15) is 0 Å². The molecule has 0 unspecified atom stereocenters. The van der Waals surface area contributed by atoms with Crippen molar-refractivity contribution >= 4 is 34.8 Å². The lowest BCUT2D eigenvalue weighted by molar-refractivity contribution is -0.118. The highest BCUT2D eigenvalue weighted by molar-refractivity contribution is 6.30. The molecule has 0 aliphatic carbocycles. The van der Waals surface area contributed by atoms with Crippen molar-refractivity contribution < 1.29 is 18.7 Å². The molecule has 1 heterocycles. The van der Waals surface area contributed by atoms with Crippen molar-refractivity contribution in [1.29, 1.82) is 0 Å². The zero-order chi connectivity index (χ0) is 19.2. The molecule has 138 valence electrons. The fraction of sp³-hybridized carbons (Fsp3) is 0.100. The molecule has 7 heteroatoms. The van der Waals surface area contributed by atoms with Crippen molar-refractivity contribution in [3.8, 4) is 5.75 Å². The van der Waals surface area contributed by atoms with E-state index >= 15 is 0 Å². The second-order valence-electron chi connectivity index (χ2n) is 5.75. The maximum atomic E-state index is 12.0. The molecule has 1 aromatic heterocycles. The van der Waals surface area contributed by atoms with Gasteiger partial charge in [-0.1, -0.05) is 11.6 Å². The summed E-state index contributed by atoms with van der Waals surface area (Å²) in [5.41, 5.74) is 2.14. The molecule has 6 nitrogen and oxygen atoms in total. The Morgan fingerprint density at radius 2 is 1.85 bits per heavy atom. The molecule has 0 atom stereocenters. The molecular formula is C20H17ClN2O4. The predicted molar refractivity (Wildman–Crippen MR) is 103 cm³/mol. The van der Waals surface area contributed by atoms with Crippen LogP contribution >= 0.6 is 11.6 Å². The topological polar surface area (TPSA) is 80.6 Å². The monoisotopic (exact) mass is 384 g/mol. The van der Waals surface area contributed by atoms with E-state index in [9.17, 15) is 9.59 Å². The van der Waals surface area contributed by atoms with Crippen molar-refractivity contribution in [3.63, 3.8) is 0 Å². The molecule has 3 aromatic rings. The van der Waals surface area contributed by atoms with Gasteiger partial charge in [0.1, 0.15) is 5.75 Å². The van der Waals surface area contributed by atoms with Crippen LogP contribution in [0.1, 0.15) is 16.1 Å². The summed E-state index contributed by atoms with van der Waals surface area (Å²) in [5, 5.41) is 6.08. The summed E-state index contributed by atoms with van der Waals surface area (Å²) < 4.78 is 10.5. The van der Waals surface area contributed by atoms with Gasteiger partial charge in [0, 0.05) is 16.4 Å². The van der Waals surface area contributed by atoms with Crippen molar-refractivity contribution in [3.05, 3.63) is 77.2 Å². The first kappa shape index (κ1) is 18.5. The van der Waals surface area contributed by atoms with Gasteiger partial charge in [-0.3, -0.25) is 9.59 Å². The third-order valence-electron chi connectivity index (χ3n) is 3.69. The van der Waals surface area contributed by atoms with Gasteiger partial charge < -0.3 is 19.8 Å². The summed E-state index contributed by atoms with van der Waals surface area (Å²) >= 11 is 5.90. The summed E-state index contributed by atoms with van der Waals surface area (Å²) in [6.45, 7) is 1.72. The van der Waals surface area contributed by atoms with E-state index in [1.54, 1.807) is 54.6 Å². The normalized spacial score (nSPS) is 10.3. The molecule has 0 saturated heterocycles. The molecule has 0 aliphatic rings. The number of carbonyl (C=O) groups is 2. The van der Waals surface area contributed by atoms with Crippen LogP contribution in [0.4, 0.5) is 11.4 Å². The number of nitrogens with one attached hydrogen (secondary N) is 2. The lowest BCUT2D eigenvalue weighted by atomic mass is 10.2. The van der Waals surface area contributed by atoms with E-state index in [2.05, 4.69) is 10.6 Å². The fourth-order valence-corrected chi connectivity index (χ4v) is 2.56. The predicted octanol–water partition coefficient (Wildman–Crippen LogP) is 4.51. The summed E-state index contributed by atoms with van der Waals surface area (Å²) in [6, 6.07) is 15.1.